The standard InChI is InChI=1S/C18H17BrClNO3/c19-14-4-2-12(3-5-14)10-17(22)21-11-13-8-15(20)18-16(9-13)23-6-1-7-24-18/h2-5,8-9H,1,6-7,10-11H2,(H,21,22). The highest BCUT2D eigenvalue weighted by Crippen LogP contribution is 2.37. The van der Waals surface area contributed by atoms with Gasteiger partial charge in [0, 0.05) is 17.4 Å². The first-order chi connectivity index (χ1) is 11.6. The zero-order valence-corrected chi connectivity index (χ0v) is 15.3. The van der Waals surface area contributed by atoms with Gasteiger partial charge in [-0.2, -0.15) is 0 Å². The lowest BCUT2D eigenvalue weighted by molar-refractivity contribution is -0.120. The maximum absolute atomic E-state index is 12.1. The third-order valence-corrected chi connectivity index (χ3v) is 4.44. The molecule has 0 spiro atoms. The number of ether oxygens (including phenoxy) is 2. The monoisotopic (exact) mass is 409 g/mol. The van der Waals surface area contributed by atoms with Gasteiger partial charge in [0.1, 0.15) is 0 Å². The van der Waals surface area contributed by atoms with E-state index in [1.807, 2.05) is 30.3 Å². The summed E-state index contributed by atoms with van der Waals surface area (Å²) in [6.07, 6.45) is 1.16. The Morgan fingerprint density at radius 2 is 1.88 bits per heavy atom. The Morgan fingerprint density at radius 3 is 2.67 bits per heavy atom. The van der Waals surface area contributed by atoms with Crippen LogP contribution in [0.1, 0.15) is 17.5 Å². The van der Waals surface area contributed by atoms with Crippen molar-refractivity contribution in [3.05, 3.63) is 57.0 Å². The largest absolute Gasteiger partial charge is 0.489 e. The van der Waals surface area contributed by atoms with Crippen LogP contribution in [0.3, 0.4) is 0 Å². The van der Waals surface area contributed by atoms with Crippen molar-refractivity contribution in [2.75, 3.05) is 13.2 Å². The predicted molar refractivity (Wildman–Crippen MR) is 96.8 cm³/mol. The highest BCUT2D eigenvalue weighted by molar-refractivity contribution is 9.10. The van der Waals surface area contributed by atoms with E-state index in [2.05, 4.69) is 21.2 Å². The Hall–Kier alpha value is -1.72. The van der Waals surface area contributed by atoms with Crippen molar-refractivity contribution in [3.8, 4) is 11.5 Å². The zero-order valence-electron chi connectivity index (χ0n) is 13.0. The van der Waals surface area contributed by atoms with Crippen LogP contribution in [0.4, 0.5) is 0 Å². The van der Waals surface area contributed by atoms with Gasteiger partial charge in [-0.25, -0.2) is 0 Å². The number of nitrogens with one attached hydrogen (secondary N) is 1. The summed E-state index contributed by atoms with van der Waals surface area (Å²) in [5.74, 6) is 1.18. The lowest BCUT2D eigenvalue weighted by Gasteiger charge is -2.12. The molecule has 0 saturated carbocycles. The van der Waals surface area contributed by atoms with Crippen LogP contribution in [0.25, 0.3) is 0 Å². The first kappa shape index (κ1) is 17.1. The van der Waals surface area contributed by atoms with E-state index in [1.54, 1.807) is 6.07 Å². The molecule has 0 unspecified atom stereocenters. The van der Waals surface area contributed by atoms with Crippen molar-refractivity contribution in [1.82, 2.24) is 5.32 Å². The van der Waals surface area contributed by atoms with E-state index < -0.39 is 0 Å². The van der Waals surface area contributed by atoms with E-state index in [4.69, 9.17) is 21.1 Å². The molecule has 1 heterocycles. The molecular weight excluding hydrogens is 394 g/mol. The Morgan fingerprint density at radius 1 is 1.12 bits per heavy atom. The average Bonchev–Trinajstić information content (AvgIpc) is 2.81. The van der Waals surface area contributed by atoms with E-state index in [-0.39, 0.29) is 5.91 Å². The second kappa shape index (κ2) is 7.90. The molecule has 1 amide bonds. The van der Waals surface area contributed by atoms with E-state index in [0.29, 0.717) is 42.7 Å². The second-order valence-electron chi connectivity index (χ2n) is 5.54. The van der Waals surface area contributed by atoms with Crippen LogP contribution < -0.4 is 14.8 Å². The summed E-state index contributed by atoms with van der Waals surface area (Å²) < 4.78 is 12.3. The van der Waals surface area contributed by atoms with Crippen LogP contribution in [0.5, 0.6) is 11.5 Å². The lowest BCUT2D eigenvalue weighted by Crippen LogP contribution is -2.24. The Balaban J connectivity index is 1.62. The molecule has 0 fully saturated rings. The van der Waals surface area contributed by atoms with Crippen LogP contribution in [0, 0.1) is 0 Å². The number of carbonyl (C=O) groups excluding carboxylic acids is 1. The topological polar surface area (TPSA) is 47.6 Å². The van der Waals surface area contributed by atoms with Gasteiger partial charge in [0.15, 0.2) is 11.5 Å². The van der Waals surface area contributed by atoms with Crippen LogP contribution in [0.15, 0.2) is 40.9 Å². The lowest BCUT2D eigenvalue weighted by atomic mass is 10.1. The summed E-state index contributed by atoms with van der Waals surface area (Å²) >= 11 is 9.64. The van der Waals surface area contributed by atoms with E-state index in [0.717, 1.165) is 22.0 Å². The highest BCUT2D eigenvalue weighted by Gasteiger charge is 2.15. The normalized spacial score (nSPS) is 13.2. The van der Waals surface area contributed by atoms with Crippen molar-refractivity contribution < 1.29 is 14.3 Å². The molecule has 2 aromatic rings. The van der Waals surface area contributed by atoms with Gasteiger partial charge in [-0.15, -0.1) is 0 Å². The smallest absolute Gasteiger partial charge is 0.224 e. The van der Waals surface area contributed by atoms with E-state index in [1.165, 1.54) is 0 Å². The SMILES string of the molecule is O=C(Cc1ccc(Br)cc1)NCc1cc(Cl)c2c(c1)OCCCO2. The maximum atomic E-state index is 12.1. The van der Waals surface area contributed by atoms with Crippen molar-refractivity contribution in [2.45, 2.75) is 19.4 Å². The van der Waals surface area contributed by atoms with Crippen molar-refractivity contribution in [2.24, 2.45) is 0 Å². The second-order valence-corrected chi connectivity index (χ2v) is 6.86. The van der Waals surface area contributed by atoms with Gasteiger partial charge in [-0.3, -0.25) is 4.79 Å². The number of carbonyl (C=O) groups is 1. The van der Waals surface area contributed by atoms with Crippen molar-refractivity contribution in [1.29, 1.82) is 0 Å². The molecule has 0 aromatic heterocycles. The van der Waals surface area contributed by atoms with Gasteiger partial charge in [-0.1, -0.05) is 39.7 Å². The fourth-order valence-corrected chi connectivity index (χ4v) is 2.99. The molecule has 4 nitrogen and oxygen atoms in total. The minimum atomic E-state index is -0.0412. The van der Waals surface area contributed by atoms with Crippen LogP contribution in [-0.2, 0) is 17.8 Å². The molecular formula is C18H17BrClNO3. The molecule has 0 atom stereocenters. The summed E-state index contributed by atoms with van der Waals surface area (Å²) in [4.78, 5) is 12.1. The van der Waals surface area contributed by atoms with E-state index in [9.17, 15) is 4.79 Å². The van der Waals surface area contributed by atoms with Gasteiger partial charge < -0.3 is 14.8 Å². The van der Waals surface area contributed by atoms with Gasteiger partial charge in [0.25, 0.3) is 0 Å². The Kier molecular flexibility index (Phi) is 5.63. The fraction of sp³-hybridized carbons (Fsp3) is 0.278. The van der Waals surface area contributed by atoms with Gasteiger partial charge >= 0.3 is 0 Å². The molecule has 24 heavy (non-hydrogen) atoms. The van der Waals surface area contributed by atoms with Gasteiger partial charge in [-0.05, 0) is 35.4 Å². The molecule has 0 bridgehead atoms. The molecule has 0 aliphatic carbocycles. The van der Waals surface area contributed by atoms with Crippen LogP contribution in [0.2, 0.25) is 5.02 Å². The minimum Gasteiger partial charge on any atom is -0.489 e. The number of halogens is 2. The Labute approximate surface area is 154 Å². The number of amides is 1. The molecule has 1 N–H and O–H groups in total. The fourth-order valence-electron chi connectivity index (χ4n) is 2.44. The number of fused-ring (bicyclic) bond motifs is 1. The third kappa shape index (κ3) is 4.42. The third-order valence-electron chi connectivity index (χ3n) is 3.63. The molecule has 1 aliphatic heterocycles. The summed E-state index contributed by atoms with van der Waals surface area (Å²) in [5.41, 5.74) is 1.85. The molecule has 0 saturated heterocycles. The zero-order chi connectivity index (χ0) is 16.9. The van der Waals surface area contributed by atoms with Crippen molar-refractivity contribution >= 4 is 33.4 Å². The molecule has 126 valence electrons. The number of benzene rings is 2. The van der Waals surface area contributed by atoms with Crippen LogP contribution >= 0.6 is 27.5 Å². The summed E-state index contributed by atoms with van der Waals surface area (Å²) in [7, 11) is 0. The number of rotatable bonds is 4. The number of hydrogen-bond donors (Lipinski definition) is 1. The minimum absolute atomic E-state index is 0.0412. The van der Waals surface area contributed by atoms with Crippen LogP contribution in [-0.4, -0.2) is 19.1 Å². The maximum Gasteiger partial charge on any atom is 0.224 e. The molecule has 6 heteroatoms. The molecule has 1 aliphatic rings. The van der Waals surface area contributed by atoms with E-state index >= 15 is 0 Å². The Bertz CT molecular complexity index is 734. The van der Waals surface area contributed by atoms with Gasteiger partial charge in [0.05, 0.1) is 24.7 Å². The molecule has 2 aromatic carbocycles. The first-order valence-corrected chi connectivity index (χ1v) is 8.88. The summed E-state index contributed by atoms with van der Waals surface area (Å²) in [6, 6.07) is 11.4. The highest BCUT2D eigenvalue weighted by atomic mass is 79.9. The molecule has 0 radical (unpaired) electrons. The van der Waals surface area contributed by atoms with Gasteiger partial charge in [0.2, 0.25) is 5.91 Å². The summed E-state index contributed by atoms with van der Waals surface area (Å²) in [6.45, 7) is 1.59. The summed E-state index contributed by atoms with van der Waals surface area (Å²) in [5, 5.41) is 3.41. The quantitative estimate of drug-likeness (QED) is 0.825. The molecule has 3 rings (SSSR count). The van der Waals surface area contributed by atoms with Crippen molar-refractivity contribution in [3.63, 3.8) is 0 Å². The number of hydrogen-bond acceptors (Lipinski definition) is 3. The average molecular weight is 411 g/mol. The first-order valence-electron chi connectivity index (χ1n) is 7.71. The predicted octanol–water partition coefficient (Wildman–Crippen LogP) is 4.12.